The quantitative estimate of drug-likeness (QED) is 0.760. The number of rotatable bonds is 8. The highest BCUT2D eigenvalue weighted by atomic mass is 15.1. The van der Waals surface area contributed by atoms with Crippen molar-refractivity contribution in [1.82, 2.24) is 10.2 Å². The van der Waals surface area contributed by atoms with E-state index in [0.29, 0.717) is 6.04 Å². The van der Waals surface area contributed by atoms with Gasteiger partial charge < -0.3 is 5.32 Å². The van der Waals surface area contributed by atoms with E-state index in [1.807, 2.05) is 7.05 Å². The van der Waals surface area contributed by atoms with Crippen molar-refractivity contribution in [3.63, 3.8) is 0 Å². The zero-order chi connectivity index (χ0) is 13.4. The van der Waals surface area contributed by atoms with Crippen LogP contribution in [0, 0.1) is 0 Å². The number of benzene rings is 1. The Hall–Kier alpha value is -0.860. The number of nitrogens with zero attached hydrogens (tertiary/aromatic N) is 1. The first-order valence-corrected chi connectivity index (χ1v) is 7.13. The van der Waals surface area contributed by atoms with Crippen LogP contribution >= 0.6 is 0 Å². The standard InChI is InChI=1S/C16H28N2/c1-5-16(6-2)18(4)13-15-9-7-14(8-10-15)11-12-17-3/h7-10,16-17H,5-6,11-13H2,1-4H3. The highest BCUT2D eigenvalue weighted by molar-refractivity contribution is 5.22. The van der Waals surface area contributed by atoms with E-state index in [0.717, 1.165) is 19.5 Å². The van der Waals surface area contributed by atoms with Gasteiger partial charge in [0.1, 0.15) is 0 Å². The monoisotopic (exact) mass is 248 g/mol. The maximum Gasteiger partial charge on any atom is 0.0233 e. The topological polar surface area (TPSA) is 15.3 Å². The second kappa shape index (κ2) is 8.28. The van der Waals surface area contributed by atoms with Crippen LogP contribution in [0.2, 0.25) is 0 Å². The summed E-state index contributed by atoms with van der Waals surface area (Å²) in [5, 5.41) is 3.18. The largest absolute Gasteiger partial charge is 0.319 e. The van der Waals surface area contributed by atoms with Crippen LogP contribution in [-0.2, 0) is 13.0 Å². The van der Waals surface area contributed by atoms with Crippen LogP contribution in [0.4, 0.5) is 0 Å². The molecule has 0 aromatic heterocycles. The zero-order valence-electron chi connectivity index (χ0n) is 12.4. The highest BCUT2D eigenvalue weighted by Crippen LogP contribution is 2.12. The Labute approximate surface area is 112 Å². The van der Waals surface area contributed by atoms with E-state index in [2.05, 4.69) is 55.4 Å². The minimum atomic E-state index is 0.703. The molecule has 0 aliphatic rings. The Bertz CT molecular complexity index is 314. The average molecular weight is 248 g/mol. The highest BCUT2D eigenvalue weighted by Gasteiger charge is 2.10. The van der Waals surface area contributed by atoms with Crippen molar-refractivity contribution in [2.45, 2.75) is 45.7 Å². The van der Waals surface area contributed by atoms with Crippen LogP contribution in [-0.4, -0.2) is 31.6 Å². The Morgan fingerprint density at radius 2 is 1.61 bits per heavy atom. The lowest BCUT2D eigenvalue weighted by atomic mass is 10.1. The van der Waals surface area contributed by atoms with Gasteiger partial charge in [0, 0.05) is 12.6 Å². The van der Waals surface area contributed by atoms with E-state index < -0.39 is 0 Å². The predicted octanol–water partition coefficient (Wildman–Crippen LogP) is 3.07. The van der Waals surface area contributed by atoms with Crippen LogP contribution in [0.3, 0.4) is 0 Å². The third kappa shape index (κ3) is 4.79. The van der Waals surface area contributed by atoms with Gasteiger partial charge in [-0.25, -0.2) is 0 Å². The Morgan fingerprint density at radius 3 is 2.11 bits per heavy atom. The normalized spacial score (nSPS) is 11.4. The zero-order valence-corrected chi connectivity index (χ0v) is 12.4. The van der Waals surface area contributed by atoms with Crippen LogP contribution in [0.1, 0.15) is 37.8 Å². The van der Waals surface area contributed by atoms with E-state index in [-0.39, 0.29) is 0 Å². The first kappa shape index (κ1) is 15.2. The van der Waals surface area contributed by atoms with E-state index in [1.165, 1.54) is 24.0 Å². The smallest absolute Gasteiger partial charge is 0.0233 e. The number of hydrogen-bond acceptors (Lipinski definition) is 2. The van der Waals surface area contributed by atoms with Crippen LogP contribution in [0.5, 0.6) is 0 Å². The summed E-state index contributed by atoms with van der Waals surface area (Å²) in [4.78, 5) is 2.46. The van der Waals surface area contributed by atoms with Gasteiger partial charge in [0.15, 0.2) is 0 Å². The molecule has 0 amide bonds. The fourth-order valence-corrected chi connectivity index (χ4v) is 2.41. The third-order valence-corrected chi connectivity index (χ3v) is 3.68. The molecule has 102 valence electrons. The number of nitrogens with one attached hydrogen (secondary N) is 1. The molecule has 0 saturated heterocycles. The molecule has 0 spiro atoms. The fourth-order valence-electron chi connectivity index (χ4n) is 2.41. The molecule has 0 aliphatic heterocycles. The predicted molar refractivity (Wildman–Crippen MR) is 79.9 cm³/mol. The molecular formula is C16H28N2. The molecule has 2 nitrogen and oxygen atoms in total. The molecule has 1 rings (SSSR count). The minimum Gasteiger partial charge on any atom is -0.319 e. The maximum absolute atomic E-state index is 3.18. The molecule has 1 aromatic rings. The molecule has 0 aliphatic carbocycles. The molecular weight excluding hydrogens is 220 g/mol. The number of likely N-dealkylation sites (N-methyl/N-ethyl adjacent to an activating group) is 1. The van der Waals surface area contributed by atoms with E-state index in [9.17, 15) is 0 Å². The number of hydrogen-bond donors (Lipinski definition) is 1. The summed E-state index contributed by atoms with van der Waals surface area (Å²) in [5.74, 6) is 0. The Balaban J connectivity index is 2.52. The third-order valence-electron chi connectivity index (χ3n) is 3.68. The van der Waals surface area contributed by atoms with Gasteiger partial charge in [0.2, 0.25) is 0 Å². The van der Waals surface area contributed by atoms with E-state index in [4.69, 9.17) is 0 Å². The molecule has 0 atom stereocenters. The van der Waals surface area contributed by atoms with Gasteiger partial charge >= 0.3 is 0 Å². The van der Waals surface area contributed by atoms with E-state index in [1.54, 1.807) is 0 Å². The molecule has 0 bridgehead atoms. The lowest BCUT2D eigenvalue weighted by Crippen LogP contribution is -2.29. The molecule has 1 N–H and O–H groups in total. The summed E-state index contributed by atoms with van der Waals surface area (Å²) in [7, 11) is 4.23. The summed E-state index contributed by atoms with van der Waals surface area (Å²) in [6.07, 6.45) is 3.57. The average Bonchev–Trinajstić information content (AvgIpc) is 2.39. The second-order valence-corrected chi connectivity index (χ2v) is 5.06. The molecule has 0 fully saturated rings. The summed E-state index contributed by atoms with van der Waals surface area (Å²) in [6.45, 7) is 6.64. The van der Waals surface area contributed by atoms with Gasteiger partial charge in [-0.05, 0) is 51.0 Å². The summed E-state index contributed by atoms with van der Waals surface area (Å²) in [5.41, 5.74) is 2.83. The Kier molecular flexibility index (Phi) is 6.99. The lowest BCUT2D eigenvalue weighted by Gasteiger charge is -2.26. The van der Waals surface area contributed by atoms with Crippen molar-refractivity contribution in [1.29, 1.82) is 0 Å². The fraction of sp³-hybridized carbons (Fsp3) is 0.625. The minimum absolute atomic E-state index is 0.703. The van der Waals surface area contributed by atoms with Crippen LogP contribution < -0.4 is 5.32 Å². The van der Waals surface area contributed by atoms with Crippen molar-refractivity contribution in [3.8, 4) is 0 Å². The summed E-state index contributed by atoms with van der Waals surface area (Å²) >= 11 is 0. The molecule has 0 saturated carbocycles. The molecule has 2 heteroatoms. The summed E-state index contributed by atoms with van der Waals surface area (Å²) < 4.78 is 0. The Morgan fingerprint density at radius 1 is 1.06 bits per heavy atom. The van der Waals surface area contributed by atoms with Crippen LogP contribution in [0.15, 0.2) is 24.3 Å². The molecule has 0 unspecified atom stereocenters. The van der Waals surface area contributed by atoms with Gasteiger partial charge in [-0.2, -0.15) is 0 Å². The maximum atomic E-state index is 3.18. The van der Waals surface area contributed by atoms with Crippen molar-refractivity contribution >= 4 is 0 Å². The van der Waals surface area contributed by atoms with Crippen molar-refractivity contribution in [2.75, 3.05) is 20.6 Å². The molecule has 18 heavy (non-hydrogen) atoms. The first-order chi connectivity index (χ1) is 8.71. The molecule has 1 aromatic carbocycles. The van der Waals surface area contributed by atoms with Gasteiger partial charge in [0.05, 0.1) is 0 Å². The SMILES string of the molecule is CCC(CC)N(C)Cc1ccc(CCNC)cc1. The van der Waals surface area contributed by atoms with Gasteiger partial charge in [-0.1, -0.05) is 38.1 Å². The summed E-state index contributed by atoms with van der Waals surface area (Å²) in [6, 6.07) is 9.75. The molecule has 0 radical (unpaired) electrons. The van der Waals surface area contributed by atoms with Crippen LogP contribution in [0.25, 0.3) is 0 Å². The van der Waals surface area contributed by atoms with E-state index >= 15 is 0 Å². The van der Waals surface area contributed by atoms with Crippen molar-refractivity contribution < 1.29 is 0 Å². The molecule has 0 heterocycles. The first-order valence-electron chi connectivity index (χ1n) is 7.13. The second-order valence-electron chi connectivity index (χ2n) is 5.06. The lowest BCUT2D eigenvalue weighted by molar-refractivity contribution is 0.222. The van der Waals surface area contributed by atoms with Crippen molar-refractivity contribution in [2.24, 2.45) is 0 Å². The van der Waals surface area contributed by atoms with Crippen molar-refractivity contribution in [3.05, 3.63) is 35.4 Å². The van der Waals surface area contributed by atoms with Gasteiger partial charge in [-0.3, -0.25) is 4.90 Å². The van der Waals surface area contributed by atoms with Gasteiger partial charge in [0.25, 0.3) is 0 Å². The van der Waals surface area contributed by atoms with Gasteiger partial charge in [-0.15, -0.1) is 0 Å².